The Labute approximate surface area is 183 Å². The third kappa shape index (κ3) is 4.38. The summed E-state index contributed by atoms with van der Waals surface area (Å²) in [6.07, 6.45) is 5.78. The molecular weight excluding hydrogens is 414 g/mol. The molecule has 31 heavy (non-hydrogen) atoms. The number of furan rings is 1. The van der Waals surface area contributed by atoms with Gasteiger partial charge in [-0.3, -0.25) is 9.36 Å². The Balaban J connectivity index is 1.36. The molecule has 0 aliphatic carbocycles. The highest BCUT2D eigenvalue weighted by Gasteiger charge is 2.20. The molecule has 0 bridgehead atoms. The summed E-state index contributed by atoms with van der Waals surface area (Å²) in [4.78, 5) is 15.6. The maximum atomic E-state index is 12.3. The van der Waals surface area contributed by atoms with Gasteiger partial charge in [-0.05, 0) is 31.0 Å². The Morgan fingerprint density at radius 1 is 1.26 bits per heavy atom. The number of nitrogens with one attached hydrogen (secondary N) is 2. The van der Waals surface area contributed by atoms with Crippen molar-refractivity contribution in [1.29, 1.82) is 0 Å². The second-order valence-corrected chi connectivity index (χ2v) is 8.39. The first-order chi connectivity index (χ1) is 15.3. The van der Waals surface area contributed by atoms with Gasteiger partial charge in [-0.15, -0.1) is 10.2 Å². The molecule has 2 N–H and O–H groups in total. The number of hydrogen-bond acceptors (Lipinski definition) is 6. The Morgan fingerprint density at radius 3 is 3.03 bits per heavy atom. The molecule has 1 fully saturated rings. The minimum absolute atomic E-state index is 0.0401. The number of nitrogens with zero attached hydrogens (tertiary/aromatic N) is 3. The molecular formula is C22H23N5O3S. The zero-order valence-corrected chi connectivity index (χ0v) is 17.7. The Morgan fingerprint density at radius 2 is 2.19 bits per heavy atom. The van der Waals surface area contributed by atoms with Crippen LogP contribution in [0.4, 0.5) is 0 Å². The van der Waals surface area contributed by atoms with E-state index in [0.717, 1.165) is 47.5 Å². The van der Waals surface area contributed by atoms with E-state index >= 15 is 0 Å². The van der Waals surface area contributed by atoms with E-state index in [-0.39, 0.29) is 17.8 Å². The van der Waals surface area contributed by atoms with Gasteiger partial charge in [-0.2, -0.15) is 0 Å². The number of fused-ring (bicyclic) bond motifs is 1. The molecule has 8 nitrogen and oxygen atoms in total. The van der Waals surface area contributed by atoms with Gasteiger partial charge in [0.05, 0.1) is 24.7 Å². The molecule has 1 unspecified atom stereocenters. The van der Waals surface area contributed by atoms with Crippen molar-refractivity contribution in [3.8, 4) is 11.4 Å². The number of aromatic nitrogens is 4. The van der Waals surface area contributed by atoms with Crippen molar-refractivity contribution in [2.24, 2.45) is 0 Å². The van der Waals surface area contributed by atoms with E-state index in [4.69, 9.17) is 9.15 Å². The van der Waals surface area contributed by atoms with Gasteiger partial charge in [0.2, 0.25) is 5.91 Å². The van der Waals surface area contributed by atoms with Crippen LogP contribution in [0, 0.1) is 0 Å². The summed E-state index contributed by atoms with van der Waals surface area (Å²) in [7, 11) is 0. The number of para-hydroxylation sites is 1. The number of benzene rings is 1. The van der Waals surface area contributed by atoms with Crippen LogP contribution in [0.2, 0.25) is 0 Å². The largest absolute Gasteiger partial charge is 0.467 e. The summed E-state index contributed by atoms with van der Waals surface area (Å²) in [6, 6.07) is 11.9. The maximum absolute atomic E-state index is 12.3. The zero-order valence-electron chi connectivity index (χ0n) is 16.9. The molecule has 1 aliphatic heterocycles. The predicted molar refractivity (Wildman–Crippen MR) is 118 cm³/mol. The average molecular weight is 438 g/mol. The molecule has 4 aromatic rings. The van der Waals surface area contributed by atoms with E-state index in [2.05, 4.69) is 26.6 Å². The zero-order chi connectivity index (χ0) is 21.0. The van der Waals surface area contributed by atoms with E-state index in [0.29, 0.717) is 18.2 Å². The first-order valence-corrected chi connectivity index (χ1v) is 11.3. The molecule has 5 rings (SSSR count). The molecule has 9 heteroatoms. The Hall–Kier alpha value is -3.04. The first-order valence-electron chi connectivity index (χ1n) is 10.3. The van der Waals surface area contributed by atoms with Gasteiger partial charge in [0, 0.05) is 35.8 Å². The van der Waals surface area contributed by atoms with E-state index in [1.807, 2.05) is 41.1 Å². The van der Waals surface area contributed by atoms with Crippen LogP contribution in [0.5, 0.6) is 0 Å². The number of carbonyl (C=O) groups excluding carboxylic acids is 1. The number of aromatic amines is 1. The standard InChI is InChI=1S/C22H23N5O3S/c28-20(24-11-15-5-3-9-29-15)14-31-22-26-25-21(27(22)13-16-6-4-10-30-16)18-12-23-19-8-2-1-7-17(18)19/h1-2,4,6-8,10,12,15,23H,3,5,9,11,13-14H2,(H,24,28). The molecule has 4 heterocycles. The number of thioether (sulfide) groups is 1. The van der Waals surface area contributed by atoms with Crippen LogP contribution in [0.3, 0.4) is 0 Å². The van der Waals surface area contributed by atoms with Crippen LogP contribution >= 0.6 is 11.8 Å². The van der Waals surface area contributed by atoms with Gasteiger partial charge >= 0.3 is 0 Å². The number of carbonyl (C=O) groups is 1. The highest BCUT2D eigenvalue weighted by Crippen LogP contribution is 2.30. The van der Waals surface area contributed by atoms with Crippen molar-refractivity contribution in [2.75, 3.05) is 18.9 Å². The van der Waals surface area contributed by atoms with Crippen molar-refractivity contribution in [2.45, 2.75) is 30.6 Å². The first kappa shape index (κ1) is 19.9. The highest BCUT2D eigenvalue weighted by atomic mass is 32.2. The Kier molecular flexibility index (Phi) is 5.77. The minimum atomic E-state index is -0.0401. The van der Waals surface area contributed by atoms with Crippen molar-refractivity contribution >= 4 is 28.6 Å². The van der Waals surface area contributed by atoms with Crippen LogP contribution in [0.25, 0.3) is 22.3 Å². The maximum Gasteiger partial charge on any atom is 0.230 e. The van der Waals surface area contributed by atoms with Gasteiger partial charge < -0.3 is 19.5 Å². The number of H-pyrrole nitrogens is 1. The third-order valence-electron chi connectivity index (χ3n) is 5.32. The van der Waals surface area contributed by atoms with Crippen LogP contribution in [-0.4, -0.2) is 50.7 Å². The van der Waals surface area contributed by atoms with Gasteiger partial charge in [0.25, 0.3) is 0 Å². The molecule has 1 aromatic carbocycles. The summed E-state index contributed by atoms with van der Waals surface area (Å²) >= 11 is 1.37. The summed E-state index contributed by atoms with van der Waals surface area (Å²) < 4.78 is 13.1. The lowest BCUT2D eigenvalue weighted by atomic mass is 10.1. The molecule has 160 valence electrons. The third-order valence-corrected chi connectivity index (χ3v) is 6.29. The summed E-state index contributed by atoms with van der Waals surface area (Å²) in [5.74, 6) is 1.75. The molecule has 0 saturated carbocycles. The van der Waals surface area contributed by atoms with Crippen molar-refractivity contribution in [3.63, 3.8) is 0 Å². The number of ether oxygens (including phenoxy) is 1. The van der Waals surface area contributed by atoms with Crippen molar-refractivity contribution in [1.82, 2.24) is 25.1 Å². The normalized spacial score (nSPS) is 16.2. The van der Waals surface area contributed by atoms with Gasteiger partial charge in [0.15, 0.2) is 11.0 Å². The molecule has 3 aromatic heterocycles. The van der Waals surface area contributed by atoms with E-state index in [1.54, 1.807) is 6.26 Å². The lowest BCUT2D eigenvalue weighted by Gasteiger charge is -2.11. The predicted octanol–water partition coefficient (Wildman–Crippen LogP) is 3.46. The average Bonchev–Trinajstić information content (AvgIpc) is 3.59. The van der Waals surface area contributed by atoms with E-state index in [9.17, 15) is 4.79 Å². The molecule has 1 amide bonds. The fourth-order valence-electron chi connectivity index (χ4n) is 3.77. The number of hydrogen-bond donors (Lipinski definition) is 2. The van der Waals surface area contributed by atoms with Crippen LogP contribution < -0.4 is 5.32 Å². The van der Waals surface area contributed by atoms with Crippen LogP contribution in [-0.2, 0) is 16.1 Å². The minimum Gasteiger partial charge on any atom is -0.467 e. The molecule has 0 spiro atoms. The molecule has 1 saturated heterocycles. The van der Waals surface area contributed by atoms with Crippen molar-refractivity contribution in [3.05, 3.63) is 54.6 Å². The molecule has 0 radical (unpaired) electrons. The monoisotopic (exact) mass is 437 g/mol. The van der Waals surface area contributed by atoms with Crippen LogP contribution in [0.1, 0.15) is 18.6 Å². The molecule has 1 atom stereocenters. The smallest absolute Gasteiger partial charge is 0.230 e. The lowest BCUT2D eigenvalue weighted by Crippen LogP contribution is -2.32. The summed E-state index contributed by atoms with van der Waals surface area (Å²) in [6.45, 7) is 1.82. The van der Waals surface area contributed by atoms with Crippen molar-refractivity contribution < 1.29 is 13.9 Å². The summed E-state index contributed by atoms with van der Waals surface area (Å²) in [5, 5.41) is 13.5. The van der Waals surface area contributed by atoms with Crippen LogP contribution in [0.15, 0.2) is 58.4 Å². The second-order valence-electron chi connectivity index (χ2n) is 7.45. The highest BCUT2D eigenvalue weighted by molar-refractivity contribution is 7.99. The van der Waals surface area contributed by atoms with E-state index in [1.165, 1.54) is 11.8 Å². The number of amides is 1. The quantitative estimate of drug-likeness (QED) is 0.410. The Bertz CT molecular complexity index is 1160. The fraction of sp³-hybridized carbons (Fsp3) is 0.318. The topological polar surface area (TPSA) is 98.0 Å². The van der Waals surface area contributed by atoms with Gasteiger partial charge in [-0.1, -0.05) is 30.0 Å². The summed E-state index contributed by atoms with van der Waals surface area (Å²) in [5.41, 5.74) is 2.00. The van der Waals surface area contributed by atoms with E-state index < -0.39 is 0 Å². The SMILES string of the molecule is O=C(CSc1nnc(-c2c[nH]c3ccccc23)n1Cc1ccco1)NCC1CCCO1. The fourth-order valence-corrected chi connectivity index (χ4v) is 4.53. The second kappa shape index (κ2) is 8.99. The van der Waals surface area contributed by atoms with Gasteiger partial charge in [-0.25, -0.2) is 0 Å². The number of rotatable bonds is 8. The lowest BCUT2D eigenvalue weighted by molar-refractivity contribution is -0.119. The van der Waals surface area contributed by atoms with Gasteiger partial charge in [0.1, 0.15) is 5.76 Å². The molecule has 1 aliphatic rings.